The van der Waals surface area contributed by atoms with E-state index in [0.29, 0.717) is 27.5 Å². The number of aromatic amines is 1. The van der Waals surface area contributed by atoms with Gasteiger partial charge in [0.25, 0.3) is 5.69 Å². The van der Waals surface area contributed by atoms with Crippen molar-refractivity contribution in [2.45, 2.75) is 23.9 Å². The Morgan fingerprint density at radius 3 is 3.04 bits per heavy atom. The van der Waals surface area contributed by atoms with Gasteiger partial charge >= 0.3 is 0 Å². The molecule has 27 heavy (non-hydrogen) atoms. The van der Waals surface area contributed by atoms with E-state index < -0.39 is 4.92 Å². The number of aromatic nitrogens is 4. The molecule has 0 spiro atoms. The number of nitro groups is 1. The maximum absolute atomic E-state index is 12.1. The standard InChI is InChI=1S/C16H14N6O3S2/c23-13(8-27-16-19-14(20-21-16)9-4-5-9)18-15-17-12(7-26-15)10-2-1-3-11(6-10)22(24)25/h1-3,6-7,9H,4-5,8H2,(H,17,18,23)(H,19,20,21). The molecular formula is C16H14N6O3S2. The summed E-state index contributed by atoms with van der Waals surface area (Å²) < 4.78 is 0. The highest BCUT2D eigenvalue weighted by molar-refractivity contribution is 7.99. The zero-order valence-electron chi connectivity index (χ0n) is 13.9. The van der Waals surface area contributed by atoms with E-state index >= 15 is 0 Å². The van der Waals surface area contributed by atoms with E-state index in [2.05, 4.69) is 25.5 Å². The van der Waals surface area contributed by atoms with Crippen molar-refractivity contribution < 1.29 is 9.72 Å². The number of rotatable bonds is 7. The highest BCUT2D eigenvalue weighted by atomic mass is 32.2. The van der Waals surface area contributed by atoms with Crippen molar-refractivity contribution in [2.24, 2.45) is 0 Å². The first-order chi connectivity index (χ1) is 13.1. The van der Waals surface area contributed by atoms with Gasteiger partial charge in [-0.05, 0) is 12.8 Å². The van der Waals surface area contributed by atoms with E-state index in [1.165, 1.54) is 35.2 Å². The van der Waals surface area contributed by atoms with E-state index in [1.807, 2.05) is 0 Å². The first-order valence-electron chi connectivity index (χ1n) is 8.14. The van der Waals surface area contributed by atoms with Crippen LogP contribution in [0, 0.1) is 10.1 Å². The van der Waals surface area contributed by atoms with Crippen molar-refractivity contribution in [3.8, 4) is 11.3 Å². The Morgan fingerprint density at radius 2 is 2.26 bits per heavy atom. The van der Waals surface area contributed by atoms with E-state index in [-0.39, 0.29) is 17.3 Å². The van der Waals surface area contributed by atoms with Crippen LogP contribution in [0.2, 0.25) is 0 Å². The summed E-state index contributed by atoms with van der Waals surface area (Å²) in [6.45, 7) is 0. The van der Waals surface area contributed by atoms with Gasteiger partial charge in [0.05, 0.1) is 16.4 Å². The quantitative estimate of drug-likeness (QED) is 0.352. The fourth-order valence-electron chi connectivity index (χ4n) is 2.39. The third-order valence-electron chi connectivity index (χ3n) is 3.88. The molecule has 138 valence electrons. The molecule has 1 amide bonds. The minimum atomic E-state index is -0.451. The Bertz CT molecular complexity index is 997. The third-order valence-corrected chi connectivity index (χ3v) is 5.49. The number of carbonyl (C=O) groups is 1. The monoisotopic (exact) mass is 402 g/mol. The van der Waals surface area contributed by atoms with Gasteiger partial charge in [0.1, 0.15) is 5.82 Å². The zero-order chi connectivity index (χ0) is 18.8. The van der Waals surface area contributed by atoms with E-state index in [9.17, 15) is 14.9 Å². The van der Waals surface area contributed by atoms with Gasteiger partial charge in [0, 0.05) is 29.0 Å². The molecule has 1 fully saturated rings. The van der Waals surface area contributed by atoms with Crippen molar-refractivity contribution >= 4 is 39.8 Å². The van der Waals surface area contributed by atoms with Crippen LogP contribution >= 0.6 is 23.1 Å². The molecule has 0 radical (unpaired) electrons. The SMILES string of the molecule is O=C(CSc1n[nH]c(C2CC2)n1)Nc1nc(-c2cccc([N+](=O)[O-])c2)cs1. The Kier molecular flexibility index (Phi) is 4.86. The molecule has 1 aliphatic rings. The molecule has 1 aromatic carbocycles. The first-order valence-corrected chi connectivity index (χ1v) is 10.0. The summed E-state index contributed by atoms with van der Waals surface area (Å²) in [6.07, 6.45) is 2.27. The molecular weight excluding hydrogens is 388 g/mol. The van der Waals surface area contributed by atoms with Crippen molar-refractivity contribution in [1.29, 1.82) is 0 Å². The number of amides is 1. The van der Waals surface area contributed by atoms with Gasteiger partial charge in [0.2, 0.25) is 11.1 Å². The molecule has 1 saturated carbocycles. The number of nitrogens with one attached hydrogen (secondary N) is 2. The van der Waals surface area contributed by atoms with Gasteiger partial charge in [-0.2, -0.15) is 0 Å². The highest BCUT2D eigenvalue weighted by Crippen LogP contribution is 2.38. The number of benzene rings is 1. The number of hydrogen-bond donors (Lipinski definition) is 2. The molecule has 11 heteroatoms. The number of thiazole rings is 1. The largest absolute Gasteiger partial charge is 0.301 e. The number of nitro benzene ring substituents is 1. The first kappa shape index (κ1) is 17.6. The summed E-state index contributed by atoms with van der Waals surface area (Å²) in [5, 5.41) is 23.4. The highest BCUT2D eigenvalue weighted by Gasteiger charge is 2.27. The lowest BCUT2D eigenvalue weighted by atomic mass is 10.1. The summed E-state index contributed by atoms with van der Waals surface area (Å²) in [6, 6.07) is 6.23. The normalized spacial score (nSPS) is 13.5. The molecule has 2 heterocycles. The average Bonchev–Trinajstić information content (AvgIpc) is 3.22. The number of hydrogen-bond acceptors (Lipinski definition) is 8. The number of H-pyrrole nitrogens is 1. The van der Waals surface area contributed by atoms with Gasteiger partial charge in [0.15, 0.2) is 5.13 Å². The molecule has 0 unspecified atom stereocenters. The number of thioether (sulfide) groups is 1. The number of anilines is 1. The summed E-state index contributed by atoms with van der Waals surface area (Å²) in [7, 11) is 0. The molecule has 0 aliphatic heterocycles. The lowest BCUT2D eigenvalue weighted by Gasteiger charge is -2.00. The molecule has 0 atom stereocenters. The fourth-order valence-corrected chi connectivity index (χ4v) is 3.73. The second kappa shape index (κ2) is 7.45. The Balaban J connectivity index is 1.34. The average molecular weight is 402 g/mol. The summed E-state index contributed by atoms with van der Waals surface area (Å²) in [5.74, 6) is 1.34. The van der Waals surface area contributed by atoms with E-state index in [0.717, 1.165) is 18.7 Å². The van der Waals surface area contributed by atoms with Crippen molar-refractivity contribution in [3.63, 3.8) is 0 Å². The molecule has 2 aromatic heterocycles. The smallest absolute Gasteiger partial charge is 0.270 e. The zero-order valence-corrected chi connectivity index (χ0v) is 15.5. The Morgan fingerprint density at radius 1 is 1.41 bits per heavy atom. The number of carbonyl (C=O) groups excluding carboxylic acids is 1. The van der Waals surface area contributed by atoms with Crippen molar-refractivity contribution in [3.05, 3.63) is 45.6 Å². The third kappa shape index (κ3) is 4.31. The molecule has 4 rings (SSSR count). The van der Waals surface area contributed by atoms with Crippen LogP contribution < -0.4 is 5.32 Å². The molecule has 0 saturated heterocycles. The molecule has 1 aliphatic carbocycles. The second-order valence-electron chi connectivity index (χ2n) is 5.96. The lowest BCUT2D eigenvalue weighted by Crippen LogP contribution is -2.13. The minimum Gasteiger partial charge on any atom is -0.301 e. The predicted molar refractivity (Wildman–Crippen MR) is 102 cm³/mol. The minimum absolute atomic E-state index is 0.000412. The van der Waals surface area contributed by atoms with Crippen LogP contribution in [0.25, 0.3) is 11.3 Å². The van der Waals surface area contributed by atoms with E-state index in [1.54, 1.807) is 17.5 Å². The number of nitrogens with zero attached hydrogens (tertiary/aromatic N) is 4. The topological polar surface area (TPSA) is 127 Å². The summed E-state index contributed by atoms with van der Waals surface area (Å²) in [5.41, 5.74) is 1.21. The predicted octanol–water partition coefficient (Wildman–Crippen LogP) is 3.44. The van der Waals surface area contributed by atoms with E-state index in [4.69, 9.17) is 0 Å². The van der Waals surface area contributed by atoms with Crippen LogP contribution in [0.4, 0.5) is 10.8 Å². The summed E-state index contributed by atoms with van der Waals surface area (Å²) in [4.78, 5) is 31.2. The maximum atomic E-state index is 12.1. The molecule has 3 aromatic rings. The second-order valence-corrected chi connectivity index (χ2v) is 7.76. The van der Waals surface area contributed by atoms with Gasteiger partial charge in [-0.1, -0.05) is 23.9 Å². The van der Waals surface area contributed by atoms with Crippen LogP contribution in [-0.4, -0.2) is 36.7 Å². The molecule has 9 nitrogen and oxygen atoms in total. The van der Waals surface area contributed by atoms with Gasteiger partial charge in [-0.25, -0.2) is 9.97 Å². The molecule has 2 N–H and O–H groups in total. The Hall–Kier alpha value is -2.79. The Labute approximate surface area is 161 Å². The summed E-state index contributed by atoms with van der Waals surface area (Å²) >= 11 is 2.52. The van der Waals surface area contributed by atoms with Crippen LogP contribution in [0.3, 0.4) is 0 Å². The van der Waals surface area contributed by atoms with Crippen molar-refractivity contribution in [1.82, 2.24) is 20.2 Å². The van der Waals surface area contributed by atoms with Gasteiger partial charge in [-0.3, -0.25) is 20.0 Å². The van der Waals surface area contributed by atoms with Crippen LogP contribution in [-0.2, 0) is 4.79 Å². The van der Waals surface area contributed by atoms with Crippen LogP contribution in [0.15, 0.2) is 34.8 Å². The number of non-ortho nitro benzene ring substituents is 1. The lowest BCUT2D eigenvalue weighted by molar-refractivity contribution is -0.384. The molecule has 0 bridgehead atoms. The fraction of sp³-hybridized carbons (Fsp3) is 0.250. The van der Waals surface area contributed by atoms with Gasteiger partial charge in [-0.15, -0.1) is 16.4 Å². The van der Waals surface area contributed by atoms with Crippen LogP contribution in [0.5, 0.6) is 0 Å². The van der Waals surface area contributed by atoms with Crippen LogP contribution in [0.1, 0.15) is 24.6 Å². The maximum Gasteiger partial charge on any atom is 0.270 e. The van der Waals surface area contributed by atoms with Gasteiger partial charge < -0.3 is 5.32 Å². The van der Waals surface area contributed by atoms with Crippen molar-refractivity contribution in [2.75, 3.05) is 11.1 Å².